The maximum atomic E-state index is 8.97. The van der Waals surface area contributed by atoms with Gasteiger partial charge >= 0.3 is 0 Å². The van der Waals surface area contributed by atoms with Crippen molar-refractivity contribution in [1.29, 1.82) is 5.26 Å². The highest BCUT2D eigenvalue weighted by Crippen LogP contribution is 2.28. The van der Waals surface area contributed by atoms with Crippen LogP contribution in [0.15, 0.2) is 48.5 Å². The predicted molar refractivity (Wildman–Crippen MR) is 79.2 cm³/mol. The highest BCUT2D eigenvalue weighted by Gasteiger charge is 2.12. The van der Waals surface area contributed by atoms with Gasteiger partial charge in [-0.05, 0) is 30.2 Å². The molecule has 0 amide bonds. The number of halogens is 1. The van der Waals surface area contributed by atoms with Gasteiger partial charge < -0.3 is 5.32 Å². The fraction of sp³-hybridized carbons (Fsp3) is 0.188. The number of anilines is 1. The van der Waals surface area contributed by atoms with Gasteiger partial charge in [0.2, 0.25) is 0 Å². The van der Waals surface area contributed by atoms with Gasteiger partial charge in [0.1, 0.15) is 0 Å². The van der Waals surface area contributed by atoms with E-state index < -0.39 is 0 Å². The van der Waals surface area contributed by atoms with Crippen LogP contribution >= 0.6 is 11.6 Å². The van der Waals surface area contributed by atoms with Gasteiger partial charge in [-0.25, -0.2) is 0 Å². The third-order valence-electron chi connectivity index (χ3n) is 2.95. The average molecular weight is 271 g/mol. The lowest BCUT2D eigenvalue weighted by atomic mass is 10.0. The minimum Gasteiger partial charge on any atom is -0.376 e. The standard InChI is InChI=1S/C16H15ClN2/c1-12-7-8-16(14(17)11-12)19-15(9-10-18)13-5-3-2-4-6-13/h2-8,11,15,19H,9H2,1H3. The van der Waals surface area contributed by atoms with Gasteiger partial charge in [0.05, 0.1) is 29.2 Å². The third kappa shape index (κ3) is 3.49. The summed E-state index contributed by atoms with van der Waals surface area (Å²) in [6, 6.07) is 18.0. The van der Waals surface area contributed by atoms with E-state index in [1.807, 2.05) is 55.5 Å². The molecule has 96 valence electrons. The first-order valence-electron chi connectivity index (χ1n) is 6.15. The molecule has 2 aromatic rings. The number of benzene rings is 2. The lowest BCUT2D eigenvalue weighted by Crippen LogP contribution is -2.10. The first kappa shape index (κ1) is 13.5. The topological polar surface area (TPSA) is 35.8 Å². The number of rotatable bonds is 4. The van der Waals surface area contributed by atoms with Gasteiger partial charge in [-0.2, -0.15) is 5.26 Å². The van der Waals surface area contributed by atoms with Crippen LogP contribution in [-0.2, 0) is 0 Å². The molecule has 0 saturated heterocycles. The van der Waals surface area contributed by atoms with Crippen LogP contribution in [0.5, 0.6) is 0 Å². The molecule has 0 saturated carbocycles. The number of nitrogens with one attached hydrogen (secondary N) is 1. The number of hydrogen-bond donors (Lipinski definition) is 1. The minimum absolute atomic E-state index is 0.0496. The molecule has 0 aliphatic heterocycles. The normalized spacial score (nSPS) is 11.6. The van der Waals surface area contributed by atoms with Gasteiger partial charge in [0.15, 0.2) is 0 Å². The molecule has 3 heteroatoms. The first-order chi connectivity index (χ1) is 9.20. The lowest BCUT2D eigenvalue weighted by molar-refractivity contribution is 0.806. The van der Waals surface area contributed by atoms with E-state index in [1.165, 1.54) is 0 Å². The highest BCUT2D eigenvalue weighted by molar-refractivity contribution is 6.33. The summed E-state index contributed by atoms with van der Waals surface area (Å²) < 4.78 is 0. The smallest absolute Gasteiger partial charge is 0.0647 e. The second kappa shape index (κ2) is 6.26. The Hall–Kier alpha value is -1.98. The van der Waals surface area contributed by atoms with E-state index in [2.05, 4.69) is 11.4 Å². The average Bonchev–Trinajstić information content (AvgIpc) is 2.42. The zero-order valence-electron chi connectivity index (χ0n) is 10.7. The van der Waals surface area contributed by atoms with Crippen molar-refractivity contribution in [3.63, 3.8) is 0 Å². The highest BCUT2D eigenvalue weighted by atomic mass is 35.5. The van der Waals surface area contributed by atoms with Crippen molar-refractivity contribution in [2.45, 2.75) is 19.4 Å². The Balaban J connectivity index is 2.24. The molecule has 0 spiro atoms. The van der Waals surface area contributed by atoms with Gasteiger partial charge in [-0.15, -0.1) is 0 Å². The molecule has 0 bridgehead atoms. The van der Waals surface area contributed by atoms with Gasteiger partial charge in [-0.3, -0.25) is 0 Å². The van der Waals surface area contributed by atoms with Crippen molar-refractivity contribution in [2.75, 3.05) is 5.32 Å². The maximum absolute atomic E-state index is 8.97. The van der Waals surface area contributed by atoms with E-state index in [0.717, 1.165) is 16.8 Å². The Labute approximate surface area is 118 Å². The van der Waals surface area contributed by atoms with Crippen LogP contribution in [-0.4, -0.2) is 0 Å². The number of nitriles is 1. The maximum Gasteiger partial charge on any atom is 0.0647 e. The first-order valence-corrected chi connectivity index (χ1v) is 6.53. The second-order valence-corrected chi connectivity index (χ2v) is 4.86. The van der Waals surface area contributed by atoms with Crippen molar-refractivity contribution in [3.05, 3.63) is 64.7 Å². The van der Waals surface area contributed by atoms with Crippen LogP contribution in [0, 0.1) is 18.3 Å². The summed E-state index contributed by atoms with van der Waals surface area (Å²) in [5, 5.41) is 13.0. The fourth-order valence-electron chi connectivity index (χ4n) is 1.95. The Morgan fingerprint density at radius 2 is 1.95 bits per heavy atom. The van der Waals surface area contributed by atoms with Crippen LogP contribution in [0.1, 0.15) is 23.6 Å². The zero-order chi connectivity index (χ0) is 13.7. The summed E-state index contributed by atoms with van der Waals surface area (Å²) in [5.74, 6) is 0. The van der Waals surface area contributed by atoms with E-state index in [1.54, 1.807) is 0 Å². The summed E-state index contributed by atoms with van der Waals surface area (Å²) in [7, 11) is 0. The molecule has 1 N–H and O–H groups in total. The molecule has 19 heavy (non-hydrogen) atoms. The lowest BCUT2D eigenvalue weighted by Gasteiger charge is -2.18. The van der Waals surface area contributed by atoms with E-state index in [-0.39, 0.29) is 6.04 Å². The van der Waals surface area contributed by atoms with Crippen molar-refractivity contribution in [3.8, 4) is 6.07 Å². The largest absolute Gasteiger partial charge is 0.376 e. The monoisotopic (exact) mass is 270 g/mol. The van der Waals surface area contributed by atoms with Crippen LogP contribution in [0.25, 0.3) is 0 Å². The van der Waals surface area contributed by atoms with Crippen LogP contribution in [0.2, 0.25) is 5.02 Å². The molecule has 1 atom stereocenters. The van der Waals surface area contributed by atoms with Crippen molar-refractivity contribution >= 4 is 17.3 Å². The van der Waals surface area contributed by atoms with E-state index in [0.29, 0.717) is 11.4 Å². The second-order valence-electron chi connectivity index (χ2n) is 4.45. The Morgan fingerprint density at radius 3 is 2.58 bits per heavy atom. The van der Waals surface area contributed by atoms with Gasteiger partial charge in [0.25, 0.3) is 0 Å². The van der Waals surface area contributed by atoms with Crippen LogP contribution in [0.3, 0.4) is 0 Å². The molecule has 0 aromatic heterocycles. The molecular weight excluding hydrogens is 256 g/mol. The fourth-order valence-corrected chi connectivity index (χ4v) is 2.24. The Kier molecular flexibility index (Phi) is 4.43. The summed E-state index contributed by atoms with van der Waals surface area (Å²) in [4.78, 5) is 0. The molecule has 0 radical (unpaired) electrons. The van der Waals surface area contributed by atoms with Crippen molar-refractivity contribution in [2.24, 2.45) is 0 Å². The zero-order valence-corrected chi connectivity index (χ0v) is 11.5. The molecule has 0 aliphatic rings. The number of nitrogens with zero attached hydrogens (tertiary/aromatic N) is 1. The molecular formula is C16H15ClN2. The summed E-state index contributed by atoms with van der Waals surface area (Å²) in [5.41, 5.74) is 3.06. The summed E-state index contributed by atoms with van der Waals surface area (Å²) in [6.45, 7) is 2.00. The van der Waals surface area contributed by atoms with Crippen LogP contribution in [0.4, 0.5) is 5.69 Å². The minimum atomic E-state index is -0.0496. The van der Waals surface area contributed by atoms with Crippen molar-refractivity contribution in [1.82, 2.24) is 0 Å². The third-order valence-corrected chi connectivity index (χ3v) is 3.26. The van der Waals surface area contributed by atoms with E-state index in [9.17, 15) is 0 Å². The molecule has 1 unspecified atom stereocenters. The Bertz CT molecular complexity index is 587. The van der Waals surface area contributed by atoms with E-state index in [4.69, 9.17) is 16.9 Å². The molecule has 2 aromatic carbocycles. The van der Waals surface area contributed by atoms with Gasteiger partial charge in [0, 0.05) is 0 Å². The summed E-state index contributed by atoms with van der Waals surface area (Å²) in [6.07, 6.45) is 0.397. The molecule has 2 rings (SSSR count). The number of hydrogen-bond acceptors (Lipinski definition) is 2. The van der Waals surface area contributed by atoms with Gasteiger partial charge in [-0.1, -0.05) is 48.0 Å². The molecule has 0 fully saturated rings. The van der Waals surface area contributed by atoms with Crippen molar-refractivity contribution < 1.29 is 0 Å². The quantitative estimate of drug-likeness (QED) is 0.873. The van der Waals surface area contributed by atoms with Crippen LogP contribution < -0.4 is 5.32 Å². The summed E-state index contributed by atoms with van der Waals surface area (Å²) >= 11 is 6.22. The van der Waals surface area contributed by atoms with E-state index >= 15 is 0 Å². The molecule has 0 aliphatic carbocycles. The SMILES string of the molecule is Cc1ccc(NC(CC#N)c2ccccc2)c(Cl)c1. The molecule has 2 nitrogen and oxygen atoms in total. The predicted octanol–water partition coefficient (Wildman–Crippen LogP) is 4.72. The molecule has 0 heterocycles. The number of aryl methyl sites for hydroxylation is 1. The Morgan fingerprint density at radius 1 is 1.21 bits per heavy atom.